The van der Waals surface area contributed by atoms with E-state index in [1.165, 1.54) is 36.8 Å². The topological polar surface area (TPSA) is 40.5 Å². The molecule has 2 nitrogen and oxygen atoms in total. The van der Waals surface area contributed by atoms with Gasteiger partial charge in [-0.3, -0.25) is 0 Å². The third-order valence-corrected chi connectivity index (χ3v) is 7.50. The predicted molar refractivity (Wildman–Crippen MR) is 148 cm³/mol. The fraction of sp³-hybridized carbons (Fsp3) is 0.562. The summed E-state index contributed by atoms with van der Waals surface area (Å²) in [5.41, 5.74) is 4.38. The zero-order valence-corrected chi connectivity index (χ0v) is 22.4. The molecule has 2 aromatic carbocycles. The van der Waals surface area contributed by atoms with Crippen LogP contribution in [-0.2, 0) is 12.8 Å². The lowest BCUT2D eigenvalue weighted by Gasteiger charge is -2.31. The summed E-state index contributed by atoms with van der Waals surface area (Å²) in [6.07, 6.45) is 16.6. The Balaban J connectivity index is 1.74. The van der Waals surface area contributed by atoms with Gasteiger partial charge in [-0.05, 0) is 80.8 Å². The zero-order valence-electron chi connectivity index (χ0n) is 22.4. The zero-order chi connectivity index (χ0) is 24.9. The van der Waals surface area contributed by atoms with E-state index in [4.69, 9.17) is 0 Å². The lowest BCUT2D eigenvalue weighted by atomic mass is 9.73. The molecular weight excluding hydrogens is 416 g/mol. The van der Waals surface area contributed by atoms with Crippen molar-refractivity contribution in [3.8, 4) is 11.5 Å². The van der Waals surface area contributed by atoms with E-state index >= 15 is 0 Å². The number of allylic oxidation sites excluding steroid dienone is 3. The molecule has 1 atom stereocenters. The molecule has 2 heteroatoms. The Morgan fingerprint density at radius 2 is 1.71 bits per heavy atom. The van der Waals surface area contributed by atoms with Gasteiger partial charge in [-0.1, -0.05) is 83.4 Å². The normalized spacial score (nSPS) is 18.3. The largest absolute Gasteiger partial charge is 0.507 e. The minimum absolute atomic E-state index is 0.0178. The summed E-state index contributed by atoms with van der Waals surface area (Å²) in [4.78, 5) is 0. The Hall–Kier alpha value is -2.22. The standard InChI is InChI=1S/C32H46O2/c1-22(2)10-7-12-24(5)13-9-18-32(6)19-17-27-29(21-32)31(34)26-16-15-25(14-8-11-23(3)4)20-28(26)30(27)33/h13,15-17,19-20,22-23,33-34H,7-12,14,18,21H2,1-6H3/b24-13+. The first-order valence-corrected chi connectivity index (χ1v) is 13.4. The Bertz CT molecular complexity index is 1040. The van der Waals surface area contributed by atoms with Crippen molar-refractivity contribution in [2.24, 2.45) is 17.3 Å². The summed E-state index contributed by atoms with van der Waals surface area (Å²) >= 11 is 0. The van der Waals surface area contributed by atoms with Crippen LogP contribution in [0.5, 0.6) is 11.5 Å². The lowest BCUT2D eigenvalue weighted by Crippen LogP contribution is -2.20. The molecule has 3 rings (SSSR count). The number of phenols is 2. The molecule has 1 aliphatic rings. The Labute approximate surface area is 207 Å². The van der Waals surface area contributed by atoms with Gasteiger partial charge in [0.1, 0.15) is 11.5 Å². The number of hydrogen-bond donors (Lipinski definition) is 2. The third kappa shape index (κ3) is 6.68. The molecule has 1 unspecified atom stereocenters. The fourth-order valence-electron chi connectivity index (χ4n) is 5.26. The van der Waals surface area contributed by atoms with Crippen LogP contribution in [-0.4, -0.2) is 10.2 Å². The smallest absolute Gasteiger partial charge is 0.131 e. The number of aromatic hydroxyl groups is 2. The van der Waals surface area contributed by atoms with Gasteiger partial charge >= 0.3 is 0 Å². The maximum Gasteiger partial charge on any atom is 0.131 e. The molecule has 0 bridgehead atoms. The van der Waals surface area contributed by atoms with Gasteiger partial charge in [-0.2, -0.15) is 0 Å². The Kier molecular flexibility index (Phi) is 8.90. The molecule has 186 valence electrons. The second-order valence-corrected chi connectivity index (χ2v) is 11.8. The van der Waals surface area contributed by atoms with Gasteiger partial charge < -0.3 is 10.2 Å². The third-order valence-electron chi connectivity index (χ3n) is 7.50. The molecule has 0 saturated heterocycles. The van der Waals surface area contributed by atoms with Crippen LogP contribution in [0.3, 0.4) is 0 Å². The van der Waals surface area contributed by atoms with E-state index in [1.807, 2.05) is 12.1 Å². The van der Waals surface area contributed by atoms with Crippen molar-refractivity contribution >= 4 is 16.8 Å². The molecule has 0 radical (unpaired) electrons. The quantitative estimate of drug-likeness (QED) is 0.258. The highest BCUT2D eigenvalue weighted by molar-refractivity contribution is 5.98. The van der Waals surface area contributed by atoms with Gasteiger partial charge in [0, 0.05) is 21.9 Å². The van der Waals surface area contributed by atoms with Gasteiger partial charge in [-0.25, -0.2) is 0 Å². The van der Waals surface area contributed by atoms with Crippen LogP contribution in [0.15, 0.2) is 35.9 Å². The molecule has 0 heterocycles. The van der Waals surface area contributed by atoms with Crippen LogP contribution in [0.1, 0.15) is 103 Å². The number of rotatable bonds is 11. The number of benzene rings is 2. The van der Waals surface area contributed by atoms with E-state index in [9.17, 15) is 10.2 Å². The van der Waals surface area contributed by atoms with Crippen molar-refractivity contribution in [3.05, 3.63) is 52.6 Å². The van der Waals surface area contributed by atoms with Gasteiger partial charge in [0.2, 0.25) is 0 Å². The van der Waals surface area contributed by atoms with E-state index in [0.717, 1.165) is 59.9 Å². The molecule has 0 spiro atoms. The van der Waals surface area contributed by atoms with Crippen molar-refractivity contribution in [1.82, 2.24) is 0 Å². The van der Waals surface area contributed by atoms with Gasteiger partial charge in [0.25, 0.3) is 0 Å². The van der Waals surface area contributed by atoms with Crippen molar-refractivity contribution in [3.63, 3.8) is 0 Å². The van der Waals surface area contributed by atoms with Crippen molar-refractivity contribution < 1.29 is 10.2 Å². The Morgan fingerprint density at radius 1 is 1.00 bits per heavy atom. The second kappa shape index (κ2) is 11.5. The highest BCUT2D eigenvalue weighted by Crippen LogP contribution is 2.47. The van der Waals surface area contributed by atoms with Crippen LogP contribution in [0.4, 0.5) is 0 Å². The first-order chi connectivity index (χ1) is 16.1. The van der Waals surface area contributed by atoms with Gasteiger partial charge in [-0.15, -0.1) is 0 Å². The van der Waals surface area contributed by atoms with E-state index in [1.54, 1.807) is 0 Å². The van der Waals surface area contributed by atoms with Gasteiger partial charge in [0.05, 0.1) is 0 Å². The molecule has 0 aliphatic heterocycles. The summed E-state index contributed by atoms with van der Waals surface area (Å²) in [5, 5.41) is 23.9. The predicted octanol–water partition coefficient (Wildman–Crippen LogP) is 9.36. The summed E-state index contributed by atoms with van der Waals surface area (Å²) < 4.78 is 0. The second-order valence-electron chi connectivity index (χ2n) is 11.8. The van der Waals surface area contributed by atoms with Crippen molar-refractivity contribution in [2.45, 2.75) is 99.3 Å². The van der Waals surface area contributed by atoms with E-state index in [-0.39, 0.29) is 5.41 Å². The van der Waals surface area contributed by atoms with E-state index in [0.29, 0.717) is 17.4 Å². The first-order valence-electron chi connectivity index (χ1n) is 13.4. The lowest BCUT2D eigenvalue weighted by molar-refractivity contribution is 0.376. The monoisotopic (exact) mass is 462 g/mol. The highest BCUT2D eigenvalue weighted by atomic mass is 16.3. The average molecular weight is 463 g/mol. The molecule has 1 aliphatic carbocycles. The van der Waals surface area contributed by atoms with Crippen molar-refractivity contribution in [2.75, 3.05) is 0 Å². The van der Waals surface area contributed by atoms with E-state index < -0.39 is 0 Å². The van der Waals surface area contributed by atoms with E-state index in [2.05, 4.69) is 65.8 Å². The molecule has 0 saturated carbocycles. The maximum atomic E-state index is 11.2. The van der Waals surface area contributed by atoms with Crippen LogP contribution in [0.2, 0.25) is 0 Å². The summed E-state index contributed by atoms with van der Waals surface area (Å²) in [6.45, 7) is 13.6. The highest BCUT2D eigenvalue weighted by Gasteiger charge is 2.30. The first kappa shape index (κ1) is 26.4. The number of aryl methyl sites for hydroxylation is 1. The number of fused-ring (bicyclic) bond motifs is 2. The molecular formula is C32H46O2. The van der Waals surface area contributed by atoms with Crippen LogP contribution in [0.25, 0.3) is 16.8 Å². The minimum atomic E-state index is -0.0178. The van der Waals surface area contributed by atoms with Crippen molar-refractivity contribution in [1.29, 1.82) is 0 Å². The minimum Gasteiger partial charge on any atom is -0.507 e. The summed E-state index contributed by atoms with van der Waals surface area (Å²) in [6, 6.07) is 6.17. The molecule has 2 aromatic rings. The van der Waals surface area contributed by atoms with Gasteiger partial charge in [0.15, 0.2) is 0 Å². The number of phenolic OH excluding ortho intramolecular Hbond substituents is 2. The van der Waals surface area contributed by atoms with Crippen LogP contribution in [0, 0.1) is 17.3 Å². The molecule has 0 aromatic heterocycles. The molecule has 0 amide bonds. The number of hydrogen-bond acceptors (Lipinski definition) is 2. The summed E-state index contributed by atoms with van der Waals surface area (Å²) in [7, 11) is 0. The summed E-state index contributed by atoms with van der Waals surface area (Å²) in [5.74, 6) is 2.13. The SMILES string of the molecule is C/C(=C\CCC1(C)C=Cc2c(c(O)c3ccc(CCCC(C)C)cc3c2O)C1)CCCC(C)C. The maximum absolute atomic E-state index is 11.2. The molecule has 0 fully saturated rings. The average Bonchev–Trinajstić information content (AvgIpc) is 2.77. The fourth-order valence-corrected chi connectivity index (χ4v) is 5.26. The Morgan fingerprint density at radius 3 is 2.41 bits per heavy atom. The molecule has 34 heavy (non-hydrogen) atoms. The molecule has 2 N–H and O–H groups in total. The van der Waals surface area contributed by atoms with Crippen LogP contribution >= 0.6 is 0 Å². The van der Waals surface area contributed by atoms with Crippen LogP contribution < -0.4 is 0 Å².